The van der Waals surface area contributed by atoms with Crippen LogP contribution in [-0.4, -0.2) is 60.9 Å². The van der Waals surface area contributed by atoms with Gasteiger partial charge < -0.3 is 16.0 Å². The molecule has 0 radical (unpaired) electrons. The molecular weight excluding hydrogens is 420 g/mol. The molecule has 0 aliphatic carbocycles. The van der Waals surface area contributed by atoms with Gasteiger partial charge >= 0.3 is 6.18 Å². The molecule has 1 atom stereocenters. The van der Waals surface area contributed by atoms with Gasteiger partial charge in [0.1, 0.15) is 0 Å². The normalized spacial score (nSPS) is 15.8. The van der Waals surface area contributed by atoms with E-state index in [1.165, 1.54) is 18.2 Å². The van der Waals surface area contributed by atoms with Gasteiger partial charge in [-0.15, -0.1) is 24.8 Å². The highest BCUT2D eigenvalue weighted by Gasteiger charge is 2.33. The van der Waals surface area contributed by atoms with Crippen LogP contribution >= 0.6 is 24.8 Å². The Labute approximate surface area is 174 Å². The number of piperazine rings is 1. The van der Waals surface area contributed by atoms with E-state index in [4.69, 9.17) is 5.73 Å². The largest absolute Gasteiger partial charge is 0.418 e. The van der Waals surface area contributed by atoms with Crippen LogP contribution in [0.2, 0.25) is 0 Å². The number of nitrogens with one attached hydrogen (secondary N) is 1. The van der Waals surface area contributed by atoms with Crippen molar-refractivity contribution in [1.82, 2.24) is 9.80 Å². The van der Waals surface area contributed by atoms with Gasteiger partial charge in [0.15, 0.2) is 0 Å². The van der Waals surface area contributed by atoms with Gasteiger partial charge in [-0.1, -0.05) is 19.1 Å². The van der Waals surface area contributed by atoms with Crippen molar-refractivity contribution in [3.05, 3.63) is 29.8 Å². The zero-order valence-electron chi connectivity index (χ0n) is 15.4. The summed E-state index contributed by atoms with van der Waals surface area (Å²) in [7, 11) is 0. The van der Waals surface area contributed by atoms with Crippen LogP contribution < -0.4 is 11.1 Å². The van der Waals surface area contributed by atoms with E-state index in [2.05, 4.69) is 5.32 Å². The Morgan fingerprint density at radius 3 is 2.25 bits per heavy atom. The second-order valence-corrected chi connectivity index (χ2v) is 6.33. The van der Waals surface area contributed by atoms with Gasteiger partial charge in [-0.2, -0.15) is 13.2 Å². The summed E-state index contributed by atoms with van der Waals surface area (Å²) in [6.45, 7) is 3.92. The minimum atomic E-state index is -4.53. The number of nitrogens with two attached hydrogens (primary N) is 1. The van der Waals surface area contributed by atoms with Crippen molar-refractivity contribution < 1.29 is 22.8 Å². The zero-order chi connectivity index (χ0) is 19.3. The van der Waals surface area contributed by atoms with E-state index in [1.807, 2.05) is 4.90 Å². The SMILES string of the molecule is CC(CN)C(=O)N1CCN(CC(=O)Nc2ccccc2C(F)(F)F)CC1.Cl.Cl. The first-order valence-electron chi connectivity index (χ1n) is 8.39. The van der Waals surface area contributed by atoms with Crippen molar-refractivity contribution in [3.63, 3.8) is 0 Å². The average molecular weight is 445 g/mol. The number of halogens is 5. The molecule has 0 aromatic heterocycles. The molecule has 1 fully saturated rings. The summed E-state index contributed by atoms with van der Waals surface area (Å²) >= 11 is 0. The van der Waals surface area contributed by atoms with E-state index >= 15 is 0 Å². The van der Waals surface area contributed by atoms with Gasteiger partial charge in [-0.25, -0.2) is 0 Å². The van der Waals surface area contributed by atoms with Crippen LogP contribution in [0.15, 0.2) is 24.3 Å². The number of anilines is 1. The van der Waals surface area contributed by atoms with Crippen molar-refractivity contribution in [2.24, 2.45) is 11.7 Å². The lowest BCUT2D eigenvalue weighted by atomic mass is 10.1. The van der Waals surface area contributed by atoms with Gasteiger partial charge in [-0.05, 0) is 12.1 Å². The van der Waals surface area contributed by atoms with Crippen LogP contribution in [-0.2, 0) is 15.8 Å². The molecule has 1 aliphatic rings. The third kappa shape index (κ3) is 7.12. The summed E-state index contributed by atoms with van der Waals surface area (Å²) in [5, 5.41) is 2.33. The highest BCUT2D eigenvalue weighted by molar-refractivity contribution is 5.93. The molecule has 0 saturated carbocycles. The van der Waals surface area contributed by atoms with E-state index in [-0.39, 0.29) is 55.4 Å². The highest BCUT2D eigenvalue weighted by atomic mass is 35.5. The molecule has 1 heterocycles. The maximum atomic E-state index is 13.0. The number of hydrogen-bond donors (Lipinski definition) is 2. The van der Waals surface area contributed by atoms with Crippen molar-refractivity contribution in [2.75, 3.05) is 44.6 Å². The molecule has 1 aliphatic heterocycles. The first-order chi connectivity index (χ1) is 12.2. The summed E-state index contributed by atoms with van der Waals surface area (Å²) in [5.41, 5.74) is 4.37. The number of benzene rings is 1. The summed E-state index contributed by atoms with van der Waals surface area (Å²) in [5.74, 6) is -0.781. The fourth-order valence-corrected chi connectivity index (χ4v) is 2.77. The number of carbonyl (C=O) groups excluding carboxylic acids is 2. The number of rotatable bonds is 5. The Hall–Kier alpha value is -1.55. The van der Waals surface area contributed by atoms with Crippen LogP contribution in [0.5, 0.6) is 0 Å². The Morgan fingerprint density at radius 1 is 1.14 bits per heavy atom. The van der Waals surface area contributed by atoms with Crippen LogP contribution in [0.4, 0.5) is 18.9 Å². The van der Waals surface area contributed by atoms with Crippen LogP contribution in [0, 0.1) is 5.92 Å². The number of carbonyl (C=O) groups is 2. The predicted molar refractivity (Wildman–Crippen MR) is 106 cm³/mol. The summed E-state index contributed by atoms with van der Waals surface area (Å²) in [4.78, 5) is 27.7. The molecule has 160 valence electrons. The molecule has 11 heteroatoms. The van der Waals surface area contributed by atoms with Gasteiger partial charge in [0, 0.05) is 38.6 Å². The Balaban J connectivity index is 0.00000364. The highest BCUT2D eigenvalue weighted by Crippen LogP contribution is 2.34. The maximum absolute atomic E-state index is 13.0. The van der Waals surface area contributed by atoms with Gasteiger partial charge in [-0.3, -0.25) is 14.5 Å². The molecular formula is C17H25Cl2F3N4O2. The number of nitrogens with zero attached hydrogens (tertiary/aromatic N) is 2. The van der Waals surface area contributed by atoms with Crippen LogP contribution in [0.3, 0.4) is 0 Å². The molecule has 3 N–H and O–H groups in total. The average Bonchev–Trinajstić information content (AvgIpc) is 2.60. The molecule has 1 saturated heterocycles. The standard InChI is InChI=1S/C17H23F3N4O2.2ClH/c1-12(10-21)16(26)24-8-6-23(7-9-24)11-15(25)22-14-5-3-2-4-13(14)17(18,19)20;;/h2-5,12H,6-11,21H2,1H3,(H,22,25);2*1H. The van der Waals surface area contributed by atoms with Crippen molar-refractivity contribution >= 4 is 42.3 Å². The fraction of sp³-hybridized carbons (Fsp3) is 0.529. The number of amides is 2. The van der Waals surface area contributed by atoms with Crippen LogP contribution in [0.25, 0.3) is 0 Å². The first-order valence-corrected chi connectivity index (χ1v) is 8.39. The third-order valence-electron chi connectivity index (χ3n) is 4.33. The monoisotopic (exact) mass is 444 g/mol. The molecule has 6 nitrogen and oxygen atoms in total. The molecule has 2 amide bonds. The van der Waals surface area contributed by atoms with Gasteiger partial charge in [0.2, 0.25) is 11.8 Å². The summed E-state index contributed by atoms with van der Waals surface area (Å²) in [6.07, 6.45) is -4.53. The number of alkyl halides is 3. The Morgan fingerprint density at radius 2 is 1.71 bits per heavy atom. The smallest absolute Gasteiger partial charge is 0.340 e. The molecule has 28 heavy (non-hydrogen) atoms. The fourth-order valence-electron chi connectivity index (χ4n) is 2.77. The van der Waals surface area contributed by atoms with E-state index in [0.29, 0.717) is 26.2 Å². The topological polar surface area (TPSA) is 78.7 Å². The molecule has 2 rings (SSSR count). The van der Waals surface area contributed by atoms with E-state index in [0.717, 1.165) is 6.07 Å². The van der Waals surface area contributed by atoms with Gasteiger partial charge in [0.25, 0.3) is 0 Å². The van der Waals surface area contributed by atoms with E-state index in [9.17, 15) is 22.8 Å². The van der Waals surface area contributed by atoms with Crippen LogP contribution in [0.1, 0.15) is 12.5 Å². The summed E-state index contributed by atoms with van der Waals surface area (Å²) in [6, 6.07) is 4.87. The van der Waals surface area contributed by atoms with Crippen molar-refractivity contribution in [1.29, 1.82) is 0 Å². The van der Waals surface area contributed by atoms with E-state index < -0.39 is 17.6 Å². The third-order valence-corrected chi connectivity index (χ3v) is 4.33. The number of hydrogen-bond acceptors (Lipinski definition) is 4. The molecule has 0 spiro atoms. The Bertz CT molecular complexity index is 654. The predicted octanol–water partition coefficient (Wildman–Crippen LogP) is 2.23. The second kappa shape index (κ2) is 11.5. The quantitative estimate of drug-likeness (QED) is 0.729. The molecule has 1 unspecified atom stereocenters. The molecule has 0 bridgehead atoms. The van der Waals surface area contributed by atoms with Crippen molar-refractivity contribution in [2.45, 2.75) is 13.1 Å². The first kappa shape index (κ1) is 26.4. The van der Waals surface area contributed by atoms with Gasteiger partial charge in [0.05, 0.1) is 17.8 Å². The molecule has 1 aromatic carbocycles. The summed E-state index contributed by atoms with van der Waals surface area (Å²) < 4.78 is 38.9. The lowest BCUT2D eigenvalue weighted by molar-refractivity contribution is -0.137. The number of para-hydroxylation sites is 1. The maximum Gasteiger partial charge on any atom is 0.418 e. The Kier molecular flexibility index (Phi) is 10.8. The molecule has 1 aromatic rings. The second-order valence-electron chi connectivity index (χ2n) is 6.33. The zero-order valence-corrected chi connectivity index (χ0v) is 17.0. The lowest BCUT2D eigenvalue weighted by Gasteiger charge is -2.35. The van der Waals surface area contributed by atoms with Crippen molar-refractivity contribution in [3.8, 4) is 0 Å². The minimum absolute atomic E-state index is 0. The minimum Gasteiger partial charge on any atom is -0.340 e. The lowest BCUT2D eigenvalue weighted by Crippen LogP contribution is -2.52. The van der Waals surface area contributed by atoms with E-state index in [1.54, 1.807) is 11.8 Å².